The van der Waals surface area contributed by atoms with Gasteiger partial charge in [0, 0.05) is 18.6 Å². The molecule has 0 spiro atoms. The molecule has 0 amide bonds. The van der Waals surface area contributed by atoms with Gasteiger partial charge in [-0.15, -0.1) is 0 Å². The fourth-order valence-electron chi connectivity index (χ4n) is 2.49. The first-order valence-corrected chi connectivity index (χ1v) is 7.58. The van der Waals surface area contributed by atoms with E-state index in [1.54, 1.807) is 0 Å². The Morgan fingerprint density at radius 2 is 1.76 bits per heavy atom. The summed E-state index contributed by atoms with van der Waals surface area (Å²) in [5.41, 5.74) is 3.53. The van der Waals surface area contributed by atoms with E-state index < -0.39 is 0 Å². The number of ether oxygens (including phenoxy) is 1. The Kier molecular flexibility index (Phi) is 6.84. The molecule has 3 N–H and O–H groups in total. The minimum atomic E-state index is 0.235. The first kappa shape index (κ1) is 17.7. The highest BCUT2D eigenvalue weighted by Crippen LogP contribution is 2.29. The molecule has 0 fully saturated rings. The topological polar surface area (TPSA) is 76.3 Å². The summed E-state index contributed by atoms with van der Waals surface area (Å²) in [5.74, 6) is 6.98. The molecule has 0 saturated heterocycles. The summed E-state index contributed by atoms with van der Waals surface area (Å²) in [6.07, 6.45) is 1.47. The molecule has 120 valence electrons. The third-order valence-electron chi connectivity index (χ3n) is 3.48. The van der Waals surface area contributed by atoms with Gasteiger partial charge in [0.1, 0.15) is 12.9 Å². The van der Waals surface area contributed by atoms with Crippen molar-refractivity contribution in [3.8, 4) is 5.88 Å². The molecule has 6 nitrogen and oxygen atoms in total. The van der Waals surface area contributed by atoms with Gasteiger partial charge >= 0.3 is 0 Å². The number of nitrogen functional groups attached to an aromatic ring is 1. The zero-order valence-electron chi connectivity index (χ0n) is 14.1. The van der Waals surface area contributed by atoms with Gasteiger partial charge in [0.25, 0.3) is 0 Å². The second-order valence-electron chi connectivity index (χ2n) is 6.01. The first-order valence-electron chi connectivity index (χ1n) is 7.58. The van der Waals surface area contributed by atoms with Gasteiger partial charge in [-0.1, -0.05) is 13.8 Å². The highest BCUT2D eigenvalue weighted by atomic mass is 16.5. The van der Waals surface area contributed by atoms with Crippen molar-refractivity contribution >= 4 is 5.82 Å². The highest BCUT2D eigenvalue weighted by Gasteiger charge is 2.17. The zero-order valence-corrected chi connectivity index (χ0v) is 14.1. The Hall–Kier alpha value is -1.40. The lowest BCUT2D eigenvalue weighted by molar-refractivity contribution is 0.139. The molecule has 0 atom stereocenters. The van der Waals surface area contributed by atoms with Gasteiger partial charge in [-0.25, -0.2) is 15.8 Å². The van der Waals surface area contributed by atoms with E-state index in [9.17, 15) is 0 Å². The van der Waals surface area contributed by atoms with Crippen LogP contribution in [0.2, 0.25) is 0 Å². The fraction of sp³-hybridized carbons (Fsp3) is 0.733. The van der Waals surface area contributed by atoms with Crippen LogP contribution in [0.5, 0.6) is 5.88 Å². The van der Waals surface area contributed by atoms with Gasteiger partial charge in [-0.05, 0) is 33.6 Å². The summed E-state index contributed by atoms with van der Waals surface area (Å²) in [6, 6.07) is 0.981. The Balaban J connectivity index is 2.75. The van der Waals surface area contributed by atoms with E-state index in [0.717, 1.165) is 12.1 Å². The molecule has 6 heteroatoms. The number of hydrogen-bond donors (Lipinski definition) is 2. The van der Waals surface area contributed by atoms with Crippen molar-refractivity contribution in [1.82, 2.24) is 14.9 Å². The number of rotatable bonds is 8. The molecule has 0 bridgehead atoms. The van der Waals surface area contributed by atoms with Crippen molar-refractivity contribution in [2.45, 2.75) is 59.5 Å². The Bertz CT molecular complexity index is 426. The maximum Gasteiger partial charge on any atom is 0.222 e. The number of hydrogen-bond acceptors (Lipinski definition) is 6. The average Bonchev–Trinajstić information content (AvgIpc) is 2.41. The molecule has 0 aliphatic carbocycles. The van der Waals surface area contributed by atoms with Gasteiger partial charge in [0.05, 0.1) is 5.56 Å². The summed E-state index contributed by atoms with van der Waals surface area (Å²) in [7, 11) is 0. The van der Waals surface area contributed by atoms with Crippen LogP contribution in [-0.4, -0.2) is 40.1 Å². The Morgan fingerprint density at radius 3 is 2.24 bits per heavy atom. The quantitative estimate of drug-likeness (QED) is 0.566. The lowest BCUT2D eigenvalue weighted by Gasteiger charge is -2.30. The van der Waals surface area contributed by atoms with E-state index in [4.69, 9.17) is 10.6 Å². The van der Waals surface area contributed by atoms with Gasteiger partial charge in [0.2, 0.25) is 5.88 Å². The van der Waals surface area contributed by atoms with Crippen LogP contribution in [0.4, 0.5) is 5.82 Å². The minimum Gasteiger partial charge on any atom is -0.476 e. The fourth-order valence-corrected chi connectivity index (χ4v) is 2.49. The highest BCUT2D eigenvalue weighted by molar-refractivity contribution is 5.49. The number of nitrogens with zero attached hydrogens (tertiary/aromatic N) is 3. The van der Waals surface area contributed by atoms with E-state index in [1.165, 1.54) is 6.33 Å². The van der Waals surface area contributed by atoms with Gasteiger partial charge < -0.3 is 10.2 Å². The van der Waals surface area contributed by atoms with Crippen LogP contribution in [0.25, 0.3) is 0 Å². The van der Waals surface area contributed by atoms with Gasteiger partial charge in [-0.2, -0.15) is 0 Å². The number of nitrogens with two attached hydrogens (primary N) is 1. The number of aromatic nitrogens is 2. The van der Waals surface area contributed by atoms with Crippen molar-refractivity contribution in [3.05, 3.63) is 11.9 Å². The third-order valence-corrected chi connectivity index (χ3v) is 3.48. The van der Waals surface area contributed by atoms with Crippen molar-refractivity contribution < 1.29 is 4.74 Å². The Labute approximate surface area is 128 Å². The summed E-state index contributed by atoms with van der Waals surface area (Å²) < 4.78 is 5.88. The van der Waals surface area contributed by atoms with E-state index in [0.29, 0.717) is 30.4 Å². The van der Waals surface area contributed by atoms with Crippen LogP contribution in [0, 0.1) is 0 Å². The second-order valence-corrected chi connectivity index (χ2v) is 6.01. The van der Waals surface area contributed by atoms with Crippen LogP contribution in [0.3, 0.4) is 0 Å². The molecule has 1 rings (SSSR count). The van der Waals surface area contributed by atoms with Gasteiger partial charge in [0.15, 0.2) is 5.82 Å². The predicted molar refractivity (Wildman–Crippen MR) is 86.4 cm³/mol. The third kappa shape index (κ3) is 4.82. The molecule has 1 aromatic heterocycles. The lowest BCUT2D eigenvalue weighted by atomic mass is 10.1. The Morgan fingerprint density at radius 1 is 1.14 bits per heavy atom. The van der Waals surface area contributed by atoms with Crippen molar-refractivity contribution in [2.75, 3.05) is 18.6 Å². The van der Waals surface area contributed by atoms with Crippen molar-refractivity contribution in [2.24, 2.45) is 5.84 Å². The monoisotopic (exact) mass is 295 g/mol. The zero-order chi connectivity index (χ0) is 16.0. The molecule has 0 unspecified atom stereocenters. The standard InChI is InChI=1S/C15H29N5O/c1-10(2)13-14(19-16)17-9-18-15(13)21-8-7-20(11(3)4)12(5)6/h9-12H,7-8,16H2,1-6H3,(H,17,18,19). The van der Waals surface area contributed by atoms with Crippen LogP contribution >= 0.6 is 0 Å². The number of nitrogens with one attached hydrogen (secondary N) is 1. The SMILES string of the molecule is CC(C)c1c(NN)ncnc1OCCN(C(C)C)C(C)C. The predicted octanol–water partition coefficient (Wildman–Crippen LogP) is 2.38. The van der Waals surface area contributed by atoms with E-state index in [-0.39, 0.29) is 5.92 Å². The van der Waals surface area contributed by atoms with Crippen molar-refractivity contribution in [3.63, 3.8) is 0 Å². The summed E-state index contributed by atoms with van der Waals surface area (Å²) >= 11 is 0. The van der Waals surface area contributed by atoms with E-state index >= 15 is 0 Å². The molecule has 0 saturated carbocycles. The van der Waals surface area contributed by atoms with Crippen LogP contribution in [0.15, 0.2) is 6.33 Å². The molecule has 1 aromatic rings. The number of anilines is 1. The molecule has 0 aliphatic heterocycles. The normalized spacial score (nSPS) is 11.8. The number of hydrazine groups is 1. The molecule has 1 heterocycles. The maximum absolute atomic E-state index is 5.88. The van der Waals surface area contributed by atoms with Crippen LogP contribution < -0.4 is 16.0 Å². The largest absolute Gasteiger partial charge is 0.476 e. The second kappa shape index (κ2) is 8.14. The molecule has 21 heavy (non-hydrogen) atoms. The summed E-state index contributed by atoms with van der Waals surface area (Å²) in [5, 5.41) is 0. The molecular formula is C15H29N5O. The summed E-state index contributed by atoms with van der Waals surface area (Å²) in [6.45, 7) is 14.4. The minimum absolute atomic E-state index is 0.235. The maximum atomic E-state index is 5.88. The lowest BCUT2D eigenvalue weighted by Crippen LogP contribution is -2.39. The van der Waals surface area contributed by atoms with Crippen molar-refractivity contribution in [1.29, 1.82) is 0 Å². The molecular weight excluding hydrogens is 266 g/mol. The van der Waals surface area contributed by atoms with E-state index in [2.05, 4.69) is 61.8 Å². The van der Waals surface area contributed by atoms with E-state index in [1.807, 2.05) is 0 Å². The molecule has 0 radical (unpaired) electrons. The van der Waals surface area contributed by atoms with Crippen LogP contribution in [0.1, 0.15) is 53.0 Å². The smallest absolute Gasteiger partial charge is 0.222 e. The van der Waals surface area contributed by atoms with Crippen LogP contribution in [-0.2, 0) is 0 Å². The molecule has 0 aromatic carbocycles. The molecule has 0 aliphatic rings. The first-order chi connectivity index (χ1) is 9.88. The average molecular weight is 295 g/mol. The summed E-state index contributed by atoms with van der Waals surface area (Å²) in [4.78, 5) is 10.8. The van der Waals surface area contributed by atoms with Gasteiger partial charge in [-0.3, -0.25) is 4.90 Å².